The van der Waals surface area contributed by atoms with E-state index in [0.717, 1.165) is 12.1 Å². The van der Waals surface area contributed by atoms with E-state index in [1.807, 2.05) is 29.6 Å². The van der Waals surface area contributed by atoms with Crippen LogP contribution < -0.4 is 4.90 Å². The summed E-state index contributed by atoms with van der Waals surface area (Å²) in [6, 6.07) is 9.75. The third-order valence-corrected chi connectivity index (χ3v) is 4.10. The van der Waals surface area contributed by atoms with Crippen molar-refractivity contribution in [3.05, 3.63) is 51.7 Å². The van der Waals surface area contributed by atoms with E-state index >= 15 is 0 Å². The van der Waals surface area contributed by atoms with Gasteiger partial charge in [-0.2, -0.15) is 0 Å². The molecular formula is C17H17NO2S. The predicted molar refractivity (Wildman–Crippen MR) is 86.8 cm³/mol. The zero-order chi connectivity index (χ0) is 15.2. The van der Waals surface area contributed by atoms with E-state index in [0.29, 0.717) is 10.4 Å². The normalized spacial score (nSPS) is 9.86. The topological polar surface area (TPSA) is 40.5 Å². The first kappa shape index (κ1) is 15.3. The quantitative estimate of drug-likeness (QED) is 0.885. The standard InChI is InChI=1S/C17H17NO2S/c1-3-13-6-8-15(9-7-13)18(2)17(20)16-14(5-4-11-19)10-12-21-16/h6-10,12,19H,3,11H2,1-2H3. The van der Waals surface area contributed by atoms with Gasteiger partial charge in [-0.15, -0.1) is 11.3 Å². The molecule has 1 aromatic carbocycles. The molecular weight excluding hydrogens is 282 g/mol. The molecule has 0 fully saturated rings. The number of hydrogen-bond acceptors (Lipinski definition) is 3. The van der Waals surface area contributed by atoms with Gasteiger partial charge in [-0.1, -0.05) is 30.9 Å². The van der Waals surface area contributed by atoms with Crippen LogP contribution in [0.15, 0.2) is 35.7 Å². The molecule has 0 radical (unpaired) electrons. The lowest BCUT2D eigenvalue weighted by Gasteiger charge is -2.17. The second kappa shape index (κ2) is 7.07. The van der Waals surface area contributed by atoms with E-state index in [-0.39, 0.29) is 12.5 Å². The first-order valence-electron chi connectivity index (χ1n) is 6.71. The smallest absolute Gasteiger partial charge is 0.269 e. The molecule has 0 aliphatic rings. The molecule has 0 spiro atoms. The van der Waals surface area contributed by atoms with Crippen LogP contribution >= 0.6 is 11.3 Å². The number of aliphatic hydroxyl groups excluding tert-OH is 1. The van der Waals surface area contributed by atoms with Crippen molar-refractivity contribution in [1.82, 2.24) is 0 Å². The van der Waals surface area contributed by atoms with Crippen LogP contribution in [-0.4, -0.2) is 24.7 Å². The molecule has 0 bridgehead atoms. The number of carbonyl (C=O) groups excluding carboxylic acids is 1. The van der Waals surface area contributed by atoms with Gasteiger partial charge in [0.2, 0.25) is 0 Å². The first-order chi connectivity index (χ1) is 10.2. The summed E-state index contributed by atoms with van der Waals surface area (Å²) in [7, 11) is 1.76. The van der Waals surface area contributed by atoms with Crippen LogP contribution in [0, 0.1) is 11.8 Å². The van der Waals surface area contributed by atoms with Gasteiger partial charge in [-0.25, -0.2) is 0 Å². The second-order valence-electron chi connectivity index (χ2n) is 4.51. The van der Waals surface area contributed by atoms with Crippen molar-refractivity contribution in [2.24, 2.45) is 0 Å². The monoisotopic (exact) mass is 299 g/mol. The second-order valence-corrected chi connectivity index (χ2v) is 5.42. The van der Waals surface area contributed by atoms with Gasteiger partial charge in [0.15, 0.2) is 0 Å². The Hall–Kier alpha value is -2.09. The number of rotatable bonds is 3. The number of thiophene rings is 1. The molecule has 1 heterocycles. The summed E-state index contributed by atoms with van der Waals surface area (Å²) in [5, 5.41) is 10.6. The van der Waals surface area contributed by atoms with Gasteiger partial charge < -0.3 is 10.0 Å². The van der Waals surface area contributed by atoms with Crippen LogP contribution in [0.5, 0.6) is 0 Å². The molecule has 0 saturated heterocycles. The van der Waals surface area contributed by atoms with Crippen LogP contribution in [0.4, 0.5) is 5.69 Å². The van der Waals surface area contributed by atoms with Crippen molar-refractivity contribution < 1.29 is 9.90 Å². The molecule has 108 valence electrons. The molecule has 2 rings (SSSR count). The van der Waals surface area contributed by atoms with Crippen molar-refractivity contribution in [2.75, 3.05) is 18.6 Å². The molecule has 0 aliphatic carbocycles. The molecule has 0 unspecified atom stereocenters. The highest BCUT2D eigenvalue weighted by Gasteiger charge is 2.17. The Labute approximate surface area is 128 Å². The zero-order valence-corrected chi connectivity index (χ0v) is 12.9. The number of carbonyl (C=O) groups is 1. The number of benzene rings is 1. The van der Waals surface area contributed by atoms with Crippen molar-refractivity contribution in [3.8, 4) is 11.8 Å². The summed E-state index contributed by atoms with van der Waals surface area (Å²) in [5.41, 5.74) is 2.76. The molecule has 1 aromatic heterocycles. The zero-order valence-electron chi connectivity index (χ0n) is 12.1. The number of amides is 1. The fourth-order valence-electron chi connectivity index (χ4n) is 1.93. The summed E-state index contributed by atoms with van der Waals surface area (Å²) < 4.78 is 0. The minimum Gasteiger partial charge on any atom is -0.384 e. The number of anilines is 1. The van der Waals surface area contributed by atoms with Gasteiger partial charge >= 0.3 is 0 Å². The van der Waals surface area contributed by atoms with E-state index < -0.39 is 0 Å². The largest absolute Gasteiger partial charge is 0.384 e. The summed E-state index contributed by atoms with van der Waals surface area (Å²) in [4.78, 5) is 14.8. The number of aryl methyl sites for hydroxylation is 1. The van der Waals surface area contributed by atoms with E-state index in [1.165, 1.54) is 16.9 Å². The van der Waals surface area contributed by atoms with Crippen molar-refractivity contribution in [2.45, 2.75) is 13.3 Å². The maximum atomic E-state index is 12.6. The molecule has 1 N–H and O–H groups in total. The Morgan fingerprint density at radius 1 is 1.29 bits per heavy atom. The van der Waals surface area contributed by atoms with Gasteiger partial charge in [-0.3, -0.25) is 4.79 Å². The number of hydrogen-bond donors (Lipinski definition) is 1. The SMILES string of the molecule is CCc1ccc(N(C)C(=O)c2sccc2C#CCO)cc1. The molecule has 2 aromatic rings. The van der Waals surface area contributed by atoms with Crippen molar-refractivity contribution >= 4 is 22.9 Å². The predicted octanol–water partition coefficient (Wildman–Crippen LogP) is 2.93. The van der Waals surface area contributed by atoms with Gasteiger partial charge in [0.1, 0.15) is 11.5 Å². The highest BCUT2D eigenvalue weighted by atomic mass is 32.1. The Kier molecular flexibility index (Phi) is 5.15. The van der Waals surface area contributed by atoms with Crippen LogP contribution in [0.3, 0.4) is 0 Å². The number of aliphatic hydroxyl groups is 1. The van der Waals surface area contributed by atoms with Gasteiger partial charge in [0, 0.05) is 18.3 Å². The average Bonchev–Trinajstić information content (AvgIpc) is 3.00. The van der Waals surface area contributed by atoms with Crippen LogP contribution in [0.1, 0.15) is 27.7 Å². The van der Waals surface area contributed by atoms with E-state index in [1.54, 1.807) is 18.0 Å². The van der Waals surface area contributed by atoms with E-state index in [9.17, 15) is 4.79 Å². The Morgan fingerprint density at radius 2 is 2.00 bits per heavy atom. The Balaban J connectivity index is 2.24. The average molecular weight is 299 g/mol. The van der Waals surface area contributed by atoms with Crippen molar-refractivity contribution in [3.63, 3.8) is 0 Å². The highest BCUT2D eigenvalue weighted by molar-refractivity contribution is 7.12. The lowest BCUT2D eigenvalue weighted by atomic mass is 10.1. The summed E-state index contributed by atoms with van der Waals surface area (Å²) >= 11 is 1.36. The molecule has 0 atom stereocenters. The summed E-state index contributed by atoms with van der Waals surface area (Å²) in [6.07, 6.45) is 0.976. The van der Waals surface area contributed by atoms with Crippen molar-refractivity contribution in [1.29, 1.82) is 0 Å². The minimum absolute atomic E-state index is 0.0866. The maximum Gasteiger partial charge on any atom is 0.269 e. The molecule has 0 saturated carbocycles. The summed E-state index contributed by atoms with van der Waals surface area (Å²) in [5.74, 6) is 5.31. The third kappa shape index (κ3) is 3.52. The fourth-order valence-corrected chi connectivity index (χ4v) is 2.76. The highest BCUT2D eigenvalue weighted by Crippen LogP contribution is 2.22. The lowest BCUT2D eigenvalue weighted by Crippen LogP contribution is -2.26. The number of nitrogens with zero attached hydrogens (tertiary/aromatic N) is 1. The summed E-state index contributed by atoms with van der Waals surface area (Å²) in [6.45, 7) is 1.89. The van der Waals surface area contributed by atoms with Gasteiger partial charge in [0.25, 0.3) is 5.91 Å². The van der Waals surface area contributed by atoms with E-state index in [2.05, 4.69) is 18.8 Å². The van der Waals surface area contributed by atoms with Crippen LogP contribution in [-0.2, 0) is 6.42 Å². The third-order valence-electron chi connectivity index (χ3n) is 3.20. The lowest BCUT2D eigenvalue weighted by molar-refractivity contribution is 0.0996. The van der Waals surface area contributed by atoms with E-state index in [4.69, 9.17) is 5.11 Å². The Bertz CT molecular complexity index is 677. The molecule has 21 heavy (non-hydrogen) atoms. The van der Waals surface area contributed by atoms with Crippen LogP contribution in [0.25, 0.3) is 0 Å². The molecule has 3 nitrogen and oxygen atoms in total. The molecule has 4 heteroatoms. The van der Waals surface area contributed by atoms with Gasteiger partial charge in [-0.05, 0) is 35.6 Å². The first-order valence-corrected chi connectivity index (χ1v) is 7.59. The van der Waals surface area contributed by atoms with Crippen LogP contribution in [0.2, 0.25) is 0 Å². The minimum atomic E-state index is -0.211. The van der Waals surface area contributed by atoms with Gasteiger partial charge in [0.05, 0.1) is 0 Å². The molecule has 0 aliphatic heterocycles. The molecule has 1 amide bonds. The fraction of sp³-hybridized carbons (Fsp3) is 0.235. The maximum absolute atomic E-state index is 12.6. The Morgan fingerprint density at radius 3 is 2.62 bits per heavy atom.